The van der Waals surface area contributed by atoms with Crippen LogP contribution in [0, 0.1) is 0 Å². The highest BCUT2D eigenvalue weighted by molar-refractivity contribution is 7.99. The largest absolute Gasteiger partial charge is 0.469 e. The monoisotopic (exact) mass is 304 g/mol. The molecular weight excluding hydrogens is 292 g/mol. The summed E-state index contributed by atoms with van der Waals surface area (Å²) in [5.41, 5.74) is 0.769. The topological polar surface area (TPSA) is 78.4 Å². The van der Waals surface area contributed by atoms with Crippen LogP contribution in [0.2, 0.25) is 0 Å². The SMILES string of the molecule is COC(=O)CCSc1nnc(-c2cc3ccccc3o2)o1. The standard InChI is InChI=1S/C14H12N2O4S/c1-18-12(17)6-7-21-14-16-15-13(20-14)11-8-9-4-2-3-5-10(9)19-11/h2-5,8H,6-7H2,1H3. The number of hydrogen-bond acceptors (Lipinski definition) is 7. The number of para-hydroxylation sites is 1. The molecule has 0 spiro atoms. The number of carbonyl (C=O) groups excluding carboxylic acids is 1. The van der Waals surface area contributed by atoms with Crippen molar-refractivity contribution in [2.45, 2.75) is 11.6 Å². The maximum absolute atomic E-state index is 11.0. The van der Waals surface area contributed by atoms with Crippen molar-refractivity contribution in [3.63, 3.8) is 0 Å². The van der Waals surface area contributed by atoms with E-state index in [1.807, 2.05) is 30.3 Å². The van der Waals surface area contributed by atoms with E-state index in [0.29, 0.717) is 29.0 Å². The predicted molar refractivity (Wildman–Crippen MR) is 76.9 cm³/mol. The van der Waals surface area contributed by atoms with Crippen molar-refractivity contribution >= 4 is 28.7 Å². The molecule has 3 aromatic rings. The van der Waals surface area contributed by atoms with Gasteiger partial charge in [-0.3, -0.25) is 4.79 Å². The summed E-state index contributed by atoms with van der Waals surface area (Å²) >= 11 is 1.30. The van der Waals surface area contributed by atoms with Crippen molar-refractivity contribution in [1.82, 2.24) is 10.2 Å². The Morgan fingerprint density at radius 1 is 1.29 bits per heavy atom. The first kappa shape index (κ1) is 13.7. The first-order valence-corrected chi connectivity index (χ1v) is 7.27. The zero-order chi connectivity index (χ0) is 14.7. The summed E-state index contributed by atoms with van der Waals surface area (Å²) in [4.78, 5) is 11.0. The first-order valence-electron chi connectivity index (χ1n) is 6.28. The molecule has 2 aromatic heterocycles. The van der Waals surface area contributed by atoms with Crippen molar-refractivity contribution in [3.05, 3.63) is 30.3 Å². The number of methoxy groups -OCH3 is 1. The van der Waals surface area contributed by atoms with Crippen molar-refractivity contribution in [1.29, 1.82) is 0 Å². The molecule has 7 heteroatoms. The number of fused-ring (bicyclic) bond motifs is 1. The van der Waals surface area contributed by atoms with E-state index >= 15 is 0 Å². The van der Waals surface area contributed by atoms with Crippen LogP contribution in [0.25, 0.3) is 22.6 Å². The average molecular weight is 304 g/mol. The molecular formula is C14H12N2O4S. The van der Waals surface area contributed by atoms with Gasteiger partial charge in [0.15, 0.2) is 5.76 Å². The van der Waals surface area contributed by atoms with Crippen LogP contribution in [0.4, 0.5) is 0 Å². The van der Waals surface area contributed by atoms with Crippen LogP contribution in [-0.4, -0.2) is 29.0 Å². The Morgan fingerprint density at radius 3 is 2.95 bits per heavy atom. The van der Waals surface area contributed by atoms with Crippen molar-refractivity contribution in [2.75, 3.05) is 12.9 Å². The van der Waals surface area contributed by atoms with Gasteiger partial charge in [0.2, 0.25) is 0 Å². The van der Waals surface area contributed by atoms with E-state index in [1.165, 1.54) is 18.9 Å². The number of rotatable bonds is 5. The molecule has 2 heterocycles. The summed E-state index contributed by atoms with van der Waals surface area (Å²) in [7, 11) is 1.36. The molecule has 0 fully saturated rings. The second-order valence-electron chi connectivity index (χ2n) is 4.20. The van der Waals surface area contributed by atoms with Gasteiger partial charge in [0.25, 0.3) is 11.1 Å². The van der Waals surface area contributed by atoms with E-state index in [9.17, 15) is 4.79 Å². The Balaban J connectivity index is 1.71. The normalized spacial score (nSPS) is 10.9. The van der Waals surface area contributed by atoms with Gasteiger partial charge in [0.05, 0.1) is 13.5 Å². The lowest BCUT2D eigenvalue weighted by Gasteiger charge is -1.95. The lowest BCUT2D eigenvalue weighted by atomic mass is 10.2. The molecule has 6 nitrogen and oxygen atoms in total. The second-order valence-corrected chi connectivity index (χ2v) is 5.24. The summed E-state index contributed by atoms with van der Waals surface area (Å²) < 4.78 is 15.7. The molecule has 0 unspecified atom stereocenters. The maximum atomic E-state index is 11.0. The van der Waals surface area contributed by atoms with Crippen LogP contribution in [-0.2, 0) is 9.53 Å². The fourth-order valence-electron chi connectivity index (χ4n) is 1.78. The van der Waals surface area contributed by atoms with E-state index in [-0.39, 0.29) is 5.97 Å². The third kappa shape index (κ3) is 3.08. The molecule has 0 saturated carbocycles. The smallest absolute Gasteiger partial charge is 0.306 e. The summed E-state index contributed by atoms with van der Waals surface area (Å²) in [6.07, 6.45) is 0.295. The van der Waals surface area contributed by atoms with Crippen LogP contribution in [0.1, 0.15) is 6.42 Å². The lowest BCUT2D eigenvalue weighted by Crippen LogP contribution is -2.00. The molecule has 0 radical (unpaired) electrons. The fraction of sp³-hybridized carbons (Fsp3) is 0.214. The van der Waals surface area contributed by atoms with Crippen molar-refractivity contribution in [2.24, 2.45) is 0 Å². The second kappa shape index (κ2) is 6.01. The molecule has 0 bridgehead atoms. The van der Waals surface area contributed by atoms with Gasteiger partial charge in [-0.15, -0.1) is 10.2 Å². The van der Waals surface area contributed by atoms with E-state index < -0.39 is 0 Å². The van der Waals surface area contributed by atoms with Gasteiger partial charge in [0.1, 0.15) is 5.58 Å². The number of thioether (sulfide) groups is 1. The minimum atomic E-state index is -0.264. The molecule has 0 saturated heterocycles. The first-order chi connectivity index (χ1) is 10.3. The van der Waals surface area contributed by atoms with Crippen LogP contribution >= 0.6 is 11.8 Å². The van der Waals surface area contributed by atoms with Gasteiger partial charge in [-0.1, -0.05) is 30.0 Å². The number of furan rings is 1. The molecule has 108 valence electrons. The Hall–Kier alpha value is -2.28. The van der Waals surface area contributed by atoms with Crippen LogP contribution < -0.4 is 0 Å². The Kier molecular flexibility index (Phi) is 3.92. The highest BCUT2D eigenvalue weighted by Gasteiger charge is 2.14. The van der Waals surface area contributed by atoms with Crippen molar-refractivity contribution in [3.8, 4) is 11.7 Å². The van der Waals surface area contributed by atoms with E-state index in [1.54, 1.807) is 0 Å². The summed E-state index contributed by atoms with van der Waals surface area (Å²) in [6.45, 7) is 0. The molecule has 1 aromatic carbocycles. The molecule has 0 N–H and O–H groups in total. The molecule has 3 rings (SSSR count). The van der Waals surface area contributed by atoms with Gasteiger partial charge >= 0.3 is 5.97 Å². The van der Waals surface area contributed by atoms with E-state index in [2.05, 4.69) is 14.9 Å². The number of carbonyl (C=O) groups is 1. The minimum absolute atomic E-state index is 0.264. The third-order valence-corrected chi connectivity index (χ3v) is 3.62. The molecule has 0 aliphatic rings. The lowest BCUT2D eigenvalue weighted by molar-refractivity contribution is -0.140. The molecule has 0 aliphatic heterocycles. The molecule has 0 aliphatic carbocycles. The van der Waals surface area contributed by atoms with Gasteiger partial charge in [-0.05, 0) is 12.1 Å². The summed E-state index contributed by atoms with van der Waals surface area (Å²) in [5.74, 6) is 1.11. The highest BCUT2D eigenvalue weighted by atomic mass is 32.2. The minimum Gasteiger partial charge on any atom is -0.469 e. The quantitative estimate of drug-likeness (QED) is 0.529. The maximum Gasteiger partial charge on any atom is 0.306 e. The zero-order valence-corrected chi connectivity index (χ0v) is 12.1. The van der Waals surface area contributed by atoms with Crippen LogP contribution in [0.3, 0.4) is 0 Å². The Morgan fingerprint density at radius 2 is 2.14 bits per heavy atom. The van der Waals surface area contributed by atoms with Gasteiger partial charge < -0.3 is 13.6 Å². The average Bonchev–Trinajstić information content (AvgIpc) is 3.13. The number of ether oxygens (including phenoxy) is 1. The Bertz CT molecular complexity index is 732. The number of benzene rings is 1. The number of hydrogen-bond donors (Lipinski definition) is 0. The number of esters is 1. The van der Waals surface area contributed by atoms with Crippen molar-refractivity contribution < 1.29 is 18.4 Å². The summed E-state index contributed by atoms with van der Waals surface area (Å²) in [5, 5.41) is 9.25. The van der Waals surface area contributed by atoms with E-state index in [0.717, 1.165) is 11.0 Å². The third-order valence-electron chi connectivity index (χ3n) is 2.80. The Labute approximate surface area is 124 Å². The van der Waals surface area contributed by atoms with Gasteiger partial charge in [0, 0.05) is 11.1 Å². The predicted octanol–water partition coefficient (Wildman–Crippen LogP) is 3.14. The van der Waals surface area contributed by atoms with Crippen LogP contribution in [0.15, 0.2) is 44.4 Å². The summed E-state index contributed by atoms with van der Waals surface area (Å²) in [6, 6.07) is 9.51. The fourth-order valence-corrected chi connectivity index (χ4v) is 2.46. The van der Waals surface area contributed by atoms with Gasteiger partial charge in [-0.25, -0.2) is 0 Å². The molecule has 0 atom stereocenters. The molecule has 0 amide bonds. The number of aromatic nitrogens is 2. The molecule has 21 heavy (non-hydrogen) atoms. The highest BCUT2D eigenvalue weighted by Crippen LogP contribution is 2.28. The van der Waals surface area contributed by atoms with Gasteiger partial charge in [-0.2, -0.15) is 0 Å². The number of nitrogens with zero attached hydrogens (tertiary/aromatic N) is 2. The zero-order valence-electron chi connectivity index (χ0n) is 11.2. The van der Waals surface area contributed by atoms with E-state index in [4.69, 9.17) is 8.83 Å². The van der Waals surface area contributed by atoms with Crippen LogP contribution in [0.5, 0.6) is 0 Å².